The van der Waals surface area contributed by atoms with E-state index in [-0.39, 0.29) is 12.0 Å². The van der Waals surface area contributed by atoms with Crippen molar-refractivity contribution >= 4 is 11.6 Å². The van der Waals surface area contributed by atoms with Gasteiger partial charge in [0.25, 0.3) is 0 Å². The van der Waals surface area contributed by atoms with E-state index in [2.05, 4.69) is 4.98 Å². The Morgan fingerprint density at radius 1 is 1.06 bits per heavy atom. The predicted molar refractivity (Wildman–Crippen MR) is 62.9 cm³/mol. The highest BCUT2D eigenvalue weighted by molar-refractivity contribution is 6.20. The second-order valence-electron chi connectivity index (χ2n) is 3.76. The lowest BCUT2D eigenvalue weighted by Gasteiger charge is -2.11. The number of hydrogen-bond acceptors (Lipinski definition) is 1. The largest absolute Gasteiger partial charge is 0.261 e. The summed E-state index contributed by atoms with van der Waals surface area (Å²) in [5, 5.41) is -0.796. The summed E-state index contributed by atoms with van der Waals surface area (Å²) in [6.07, 6.45) is 1.82. The van der Waals surface area contributed by atoms with E-state index >= 15 is 0 Å². The molecule has 0 radical (unpaired) electrons. The molecular formula is C13H9ClF3N. The first-order valence-electron chi connectivity index (χ1n) is 5.27. The van der Waals surface area contributed by atoms with Gasteiger partial charge in [0.1, 0.15) is 0 Å². The Morgan fingerprint density at radius 2 is 1.83 bits per heavy atom. The minimum absolute atomic E-state index is 0.0683. The Labute approximate surface area is 107 Å². The van der Waals surface area contributed by atoms with Crippen LogP contribution in [0.25, 0.3) is 0 Å². The van der Waals surface area contributed by atoms with Gasteiger partial charge in [0, 0.05) is 23.9 Å². The van der Waals surface area contributed by atoms with Crippen molar-refractivity contribution in [2.45, 2.75) is 11.8 Å². The molecule has 18 heavy (non-hydrogen) atoms. The van der Waals surface area contributed by atoms with Gasteiger partial charge in [0.2, 0.25) is 0 Å². The van der Waals surface area contributed by atoms with Crippen molar-refractivity contribution in [2.75, 3.05) is 0 Å². The lowest BCUT2D eigenvalue weighted by molar-refractivity contribution is 0.440. The summed E-state index contributed by atoms with van der Waals surface area (Å²) in [6.45, 7) is 0. The highest BCUT2D eigenvalue weighted by atomic mass is 35.5. The molecule has 0 N–H and O–H groups in total. The molecule has 0 aliphatic carbocycles. The zero-order chi connectivity index (χ0) is 13.1. The molecule has 1 nitrogen and oxygen atoms in total. The van der Waals surface area contributed by atoms with E-state index in [0.29, 0.717) is 5.69 Å². The van der Waals surface area contributed by atoms with E-state index in [9.17, 15) is 13.2 Å². The van der Waals surface area contributed by atoms with Gasteiger partial charge < -0.3 is 0 Å². The smallest absolute Gasteiger partial charge is 0.194 e. The number of alkyl halides is 1. The lowest BCUT2D eigenvalue weighted by Crippen LogP contribution is -2.03. The van der Waals surface area contributed by atoms with Crippen molar-refractivity contribution in [3.05, 3.63) is 65.2 Å². The number of aromatic nitrogens is 1. The van der Waals surface area contributed by atoms with Crippen molar-refractivity contribution < 1.29 is 13.2 Å². The van der Waals surface area contributed by atoms with Crippen molar-refractivity contribution in [1.82, 2.24) is 4.98 Å². The Balaban J connectivity index is 2.24. The molecule has 2 aromatic rings. The van der Waals surface area contributed by atoms with Crippen LogP contribution in [0.3, 0.4) is 0 Å². The fourth-order valence-corrected chi connectivity index (χ4v) is 1.92. The van der Waals surface area contributed by atoms with E-state index in [4.69, 9.17) is 11.6 Å². The molecule has 5 heteroatoms. The maximum atomic E-state index is 13.5. The van der Waals surface area contributed by atoms with Crippen LogP contribution >= 0.6 is 11.6 Å². The zero-order valence-corrected chi connectivity index (χ0v) is 9.96. The average Bonchev–Trinajstić information content (AvgIpc) is 2.37. The molecular weight excluding hydrogens is 263 g/mol. The first-order valence-corrected chi connectivity index (χ1v) is 5.70. The van der Waals surface area contributed by atoms with E-state index in [1.807, 2.05) is 0 Å². The molecule has 0 fully saturated rings. The van der Waals surface area contributed by atoms with Crippen molar-refractivity contribution in [3.8, 4) is 0 Å². The van der Waals surface area contributed by atoms with Crippen LogP contribution in [0.5, 0.6) is 0 Å². The van der Waals surface area contributed by atoms with E-state index in [0.717, 1.165) is 12.1 Å². The molecule has 0 aliphatic rings. The van der Waals surface area contributed by atoms with Crippen LogP contribution in [0, 0.1) is 17.5 Å². The van der Waals surface area contributed by atoms with Crippen LogP contribution in [0.4, 0.5) is 13.2 Å². The lowest BCUT2D eigenvalue weighted by atomic mass is 10.1. The number of benzene rings is 1. The molecule has 94 valence electrons. The summed E-state index contributed by atoms with van der Waals surface area (Å²) < 4.78 is 39.3. The minimum Gasteiger partial charge on any atom is -0.261 e. The molecule has 0 bridgehead atoms. The maximum absolute atomic E-state index is 13.5. The number of halogens is 4. The maximum Gasteiger partial charge on any atom is 0.194 e. The van der Waals surface area contributed by atoms with Crippen LogP contribution in [-0.4, -0.2) is 4.98 Å². The fraction of sp³-hybridized carbons (Fsp3) is 0.154. The Bertz CT molecular complexity index is 545. The van der Waals surface area contributed by atoms with Gasteiger partial charge in [-0.3, -0.25) is 4.98 Å². The van der Waals surface area contributed by atoms with Crippen molar-refractivity contribution in [2.24, 2.45) is 0 Å². The fourth-order valence-electron chi connectivity index (χ4n) is 1.60. The Morgan fingerprint density at radius 3 is 2.50 bits per heavy atom. The Kier molecular flexibility index (Phi) is 3.87. The van der Waals surface area contributed by atoms with Crippen LogP contribution in [0.1, 0.15) is 16.6 Å². The quantitative estimate of drug-likeness (QED) is 0.607. The molecule has 0 spiro atoms. The minimum atomic E-state index is -1.50. The first kappa shape index (κ1) is 12.9. The highest BCUT2D eigenvalue weighted by Crippen LogP contribution is 2.28. The number of pyridine rings is 1. The third-order valence-electron chi connectivity index (χ3n) is 2.52. The van der Waals surface area contributed by atoms with Gasteiger partial charge in [0.05, 0.1) is 5.38 Å². The number of hydrogen-bond donors (Lipinski definition) is 0. The second kappa shape index (κ2) is 5.40. The third-order valence-corrected chi connectivity index (χ3v) is 2.91. The molecule has 0 amide bonds. The van der Waals surface area contributed by atoms with E-state index in [1.165, 1.54) is 0 Å². The molecule has 0 saturated heterocycles. The van der Waals surface area contributed by atoms with Gasteiger partial charge in [-0.05, 0) is 18.2 Å². The van der Waals surface area contributed by atoms with Gasteiger partial charge in [-0.25, -0.2) is 13.2 Å². The monoisotopic (exact) mass is 271 g/mol. The normalized spacial score (nSPS) is 12.4. The topological polar surface area (TPSA) is 12.9 Å². The van der Waals surface area contributed by atoms with Crippen LogP contribution < -0.4 is 0 Å². The number of nitrogens with zero attached hydrogens (tertiary/aromatic N) is 1. The van der Waals surface area contributed by atoms with Crippen LogP contribution in [0.2, 0.25) is 0 Å². The standard InChI is InChI=1S/C13H9ClF3N/c14-10(7-8-3-1-2-6-18-8)9-4-5-11(15)13(17)12(9)16/h1-6,10H,7H2. The number of rotatable bonds is 3. The second-order valence-corrected chi connectivity index (χ2v) is 4.28. The molecule has 2 rings (SSSR count). The summed E-state index contributed by atoms with van der Waals surface area (Å²) in [5.74, 6) is -3.97. The molecule has 0 saturated carbocycles. The molecule has 1 aromatic carbocycles. The summed E-state index contributed by atoms with van der Waals surface area (Å²) >= 11 is 6.00. The van der Waals surface area contributed by atoms with Crippen molar-refractivity contribution in [1.29, 1.82) is 0 Å². The average molecular weight is 272 g/mol. The first-order chi connectivity index (χ1) is 8.59. The van der Waals surface area contributed by atoms with Gasteiger partial charge in [-0.2, -0.15) is 0 Å². The summed E-state index contributed by atoms with van der Waals surface area (Å²) in [4.78, 5) is 4.04. The van der Waals surface area contributed by atoms with Gasteiger partial charge in [-0.15, -0.1) is 11.6 Å². The molecule has 0 aliphatic heterocycles. The van der Waals surface area contributed by atoms with E-state index in [1.54, 1.807) is 24.4 Å². The highest BCUT2D eigenvalue weighted by Gasteiger charge is 2.19. The SMILES string of the molecule is Fc1ccc(C(Cl)Cc2ccccn2)c(F)c1F. The van der Waals surface area contributed by atoms with Crippen LogP contribution in [-0.2, 0) is 6.42 Å². The predicted octanol–water partition coefficient (Wildman–Crippen LogP) is 4.02. The Hall–Kier alpha value is -1.55. The third kappa shape index (κ3) is 2.64. The summed E-state index contributed by atoms with van der Waals surface area (Å²) in [5.41, 5.74) is 0.586. The molecule has 1 heterocycles. The molecule has 1 unspecified atom stereocenters. The van der Waals surface area contributed by atoms with Gasteiger partial charge >= 0.3 is 0 Å². The summed E-state index contributed by atoms with van der Waals surface area (Å²) in [6, 6.07) is 7.25. The molecule has 1 atom stereocenters. The van der Waals surface area contributed by atoms with Crippen molar-refractivity contribution in [3.63, 3.8) is 0 Å². The van der Waals surface area contributed by atoms with Gasteiger partial charge in [-0.1, -0.05) is 12.1 Å². The van der Waals surface area contributed by atoms with E-state index < -0.39 is 22.8 Å². The summed E-state index contributed by atoms with van der Waals surface area (Å²) in [7, 11) is 0. The zero-order valence-electron chi connectivity index (χ0n) is 9.21. The van der Waals surface area contributed by atoms with Gasteiger partial charge in [0.15, 0.2) is 17.5 Å². The molecule has 1 aromatic heterocycles. The van der Waals surface area contributed by atoms with Crippen LogP contribution in [0.15, 0.2) is 36.5 Å².